The largest absolute Gasteiger partial charge is 0.383 e. The fraction of sp³-hybridized carbons (Fsp3) is 0.200. The molecule has 2 aromatic heterocycles. The number of halogens is 2. The van der Waals surface area contributed by atoms with Crippen molar-refractivity contribution in [2.75, 3.05) is 24.7 Å². The summed E-state index contributed by atoms with van der Waals surface area (Å²) >= 11 is 0. The van der Waals surface area contributed by atoms with Gasteiger partial charge in [-0.15, -0.1) is 0 Å². The number of sulfonamides is 1. The van der Waals surface area contributed by atoms with Crippen molar-refractivity contribution in [2.45, 2.75) is 13.0 Å². The lowest BCUT2D eigenvalue weighted by atomic mass is 9.99. The Morgan fingerprint density at radius 1 is 1.03 bits per heavy atom. The summed E-state index contributed by atoms with van der Waals surface area (Å²) < 4.78 is 53.6. The van der Waals surface area contributed by atoms with Gasteiger partial charge in [0, 0.05) is 41.9 Å². The Morgan fingerprint density at radius 3 is 2.49 bits per heavy atom. The number of anilines is 1. The van der Waals surface area contributed by atoms with Gasteiger partial charge in [-0.2, -0.15) is 5.10 Å². The highest BCUT2D eigenvalue weighted by Crippen LogP contribution is 2.33. The molecule has 35 heavy (non-hydrogen) atoms. The third-order valence-corrected chi connectivity index (χ3v) is 6.86. The first kappa shape index (κ1) is 24.5. The van der Waals surface area contributed by atoms with Crippen molar-refractivity contribution in [3.05, 3.63) is 90.4 Å². The summed E-state index contributed by atoms with van der Waals surface area (Å²) in [5, 5.41) is 7.89. The summed E-state index contributed by atoms with van der Waals surface area (Å²) in [5.41, 5.74) is 4.77. The molecule has 0 amide bonds. The average Bonchev–Trinajstić information content (AvgIpc) is 3.33. The van der Waals surface area contributed by atoms with Crippen LogP contribution in [0.3, 0.4) is 0 Å². The number of nitrogens with one attached hydrogen (secondary N) is 2. The second kappa shape index (κ2) is 10.7. The second-order valence-corrected chi connectivity index (χ2v) is 9.94. The maximum absolute atomic E-state index is 13.0. The number of alkyl halides is 2. The number of hydrogen-bond acceptors (Lipinski definition) is 5. The van der Waals surface area contributed by atoms with Gasteiger partial charge < -0.3 is 5.32 Å². The lowest BCUT2D eigenvalue weighted by molar-refractivity contribution is 0.151. The first-order valence-corrected chi connectivity index (χ1v) is 12.6. The van der Waals surface area contributed by atoms with Crippen LogP contribution in [-0.2, 0) is 16.6 Å². The van der Waals surface area contributed by atoms with E-state index in [1.54, 1.807) is 29.2 Å². The summed E-state index contributed by atoms with van der Waals surface area (Å²) in [6.07, 6.45) is 2.83. The first-order chi connectivity index (χ1) is 16.8. The molecule has 0 aliphatic heterocycles. The van der Waals surface area contributed by atoms with E-state index in [9.17, 15) is 17.2 Å². The van der Waals surface area contributed by atoms with E-state index in [2.05, 4.69) is 15.0 Å². The van der Waals surface area contributed by atoms with E-state index in [4.69, 9.17) is 5.10 Å². The van der Waals surface area contributed by atoms with E-state index in [1.807, 2.05) is 42.6 Å². The SMILES string of the molecule is CNS(=O)(=O)CCNc1ccc(-c2ccc(C(F)F)cc2)cc1-c1ccn(Cc2cccnc2)n1. The Kier molecular flexibility index (Phi) is 7.52. The molecule has 0 radical (unpaired) electrons. The topological polar surface area (TPSA) is 88.9 Å². The average molecular weight is 498 g/mol. The van der Waals surface area contributed by atoms with Crippen LogP contribution >= 0.6 is 0 Å². The number of nitrogens with zero attached hydrogens (tertiary/aromatic N) is 3. The minimum Gasteiger partial charge on any atom is -0.383 e. The summed E-state index contributed by atoms with van der Waals surface area (Å²) in [7, 11) is -1.98. The molecular formula is C25H25F2N5O2S. The highest BCUT2D eigenvalue weighted by Gasteiger charge is 2.14. The second-order valence-electron chi connectivity index (χ2n) is 7.89. The molecule has 10 heteroatoms. The van der Waals surface area contributed by atoms with E-state index in [-0.39, 0.29) is 17.9 Å². The Morgan fingerprint density at radius 2 is 1.80 bits per heavy atom. The van der Waals surface area contributed by atoms with Crippen LogP contribution in [0.2, 0.25) is 0 Å². The molecule has 2 heterocycles. The molecule has 0 spiro atoms. The monoisotopic (exact) mass is 497 g/mol. The van der Waals surface area contributed by atoms with E-state index < -0.39 is 16.4 Å². The predicted molar refractivity (Wildman–Crippen MR) is 133 cm³/mol. The number of aromatic nitrogens is 3. The van der Waals surface area contributed by atoms with Crippen molar-refractivity contribution in [3.8, 4) is 22.4 Å². The molecule has 0 bridgehead atoms. The van der Waals surface area contributed by atoms with Gasteiger partial charge in [0.2, 0.25) is 10.0 Å². The van der Waals surface area contributed by atoms with Gasteiger partial charge in [0.25, 0.3) is 6.43 Å². The van der Waals surface area contributed by atoms with Crippen LogP contribution in [0, 0.1) is 0 Å². The van der Waals surface area contributed by atoms with Gasteiger partial charge in [-0.1, -0.05) is 36.4 Å². The first-order valence-electron chi connectivity index (χ1n) is 10.9. The van der Waals surface area contributed by atoms with Gasteiger partial charge >= 0.3 is 0 Å². The van der Waals surface area contributed by atoms with Crippen LogP contribution in [0.1, 0.15) is 17.6 Å². The lowest BCUT2D eigenvalue weighted by Crippen LogP contribution is -2.26. The van der Waals surface area contributed by atoms with E-state index in [0.29, 0.717) is 12.2 Å². The van der Waals surface area contributed by atoms with Crippen molar-refractivity contribution in [1.29, 1.82) is 0 Å². The summed E-state index contributed by atoms with van der Waals surface area (Å²) in [5.74, 6) is -0.0881. The molecule has 2 aromatic carbocycles. The van der Waals surface area contributed by atoms with Crippen molar-refractivity contribution in [2.24, 2.45) is 0 Å². The van der Waals surface area contributed by atoms with Crippen molar-refractivity contribution >= 4 is 15.7 Å². The molecule has 0 unspecified atom stereocenters. The number of hydrogen-bond donors (Lipinski definition) is 2. The molecule has 4 aromatic rings. The standard InChI is InChI=1S/C25H25F2N5O2S/c1-28-35(33,34)14-12-30-23-9-8-21(19-4-6-20(7-5-19)25(26)27)15-22(23)24-10-13-32(31-24)17-18-3-2-11-29-16-18/h2-11,13,15-16,25,28,30H,12,14,17H2,1H3. The zero-order chi connectivity index (χ0) is 24.8. The van der Waals surface area contributed by atoms with Crippen LogP contribution in [-0.4, -0.2) is 42.5 Å². The van der Waals surface area contributed by atoms with Crippen molar-refractivity contribution in [1.82, 2.24) is 19.5 Å². The molecule has 2 N–H and O–H groups in total. The van der Waals surface area contributed by atoms with Crippen LogP contribution in [0.25, 0.3) is 22.4 Å². The Bertz CT molecular complexity index is 1370. The highest BCUT2D eigenvalue weighted by molar-refractivity contribution is 7.89. The molecule has 0 aliphatic rings. The van der Waals surface area contributed by atoms with Gasteiger partial charge in [-0.25, -0.2) is 21.9 Å². The van der Waals surface area contributed by atoms with Gasteiger partial charge in [0.1, 0.15) is 0 Å². The fourth-order valence-corrected chi connectivity index (χ4v) is 4.18. The molecule has 0 aliphatic carbocycles. The van der Waals surface area contributed by atoms with E-state index in [0.717, 1.165) is 27.9 Å². The summed E-state index contributed by atoms with van der Waals surface area (Å²) in [6.45, 7) is 0.751. The minimum atomic E-state index is -3.36. The normalized spacial score (nSPS) is 11.7. The minimum absolute atomic E-state index is 0.0350. The zero-order valence-electron chi connectivity index (χ0n) is 19.0. The molecule has 7 nitrogen and oxygen atoms in total. The maximum atomic E-state index is 13.0. The Hall–Kier alpha value is -3.63. The third kappa shape index (κ3) is 6.28. The predicted octanol–water partition coefficient (Wildman–Crippen LogP) is 4.56. The summed E-state index contributed by atoms with van der Waals surface area (Å²) in [4.78, 5) is 4.13. The van der Waals surface area contributed by atoms with E-state index in [1.165, 1.54) is 19.2 Å². The summed E-state index contributed by atoms with van der Waals surface area (Å²) in [6, 6.07) is 17.5. The molecule has 0 fully saturated rings. The van der Waals surface area contributed by atoms with Gasteiger partial charge in [0.05, 0.1) is 18.0 Å². The Balaban J connectivity index is 1.65. The number of rotatable bonds is 10. The van der Waals surface area contributed by atoms with Crippen molar-refractivity contribution < 1.29 is 17.2 Å². The van der Waals surface area contributed by atoms with Crippen LogP contribution < -0.4 is 10.0 Å². The molecule has 182 valence electrons. The molecule has 0 saturated heterocycles. The smallest absolute Gasteiger partial charge is 0.263 e. The molecule has 0 saturated carbocycles. The Labute approximate surface area is 202 Å². The molecule has 4 rings (SSSR count). The van der Waals surface area contributed by atoms with Crippen LogP contribution in [0.15, 0.2) is 79.3 Å². The van der Waals surface area contributed by atoms with Gasteiger partial charge in [0.15, 0.2) is 0 Å². The van der Waals surface area contributed by atoms with Crippen LogP contribution in [0.5, 0.6) is 0 Å². The maximum Gasteiger partial charge on any atom is 0.263 e. The number of benzene rings is 2. The van der Waals surface area contributed by atoms with Crippen molar-refractivity contribution in [3.63, 3.8) is 0 Å². The molecular weight excluding hydrogens is 472 g/mol. The third-order valence-electron chi connectivity index (χ3n) is 5.50. The van der Waals surface area contributed by atoms with E-state index >= 15 is 0 Å². The number of pyridine rings is 1. The lowest BCUT2D eigenvalue weighted by Gasteiger charge is -2.13. The highest BCUT2D eigenvalue weighted by atomic mass is 32.2. The van der Waals surface area contributed by atoms with Gasteiger partial charge in [-0.3, -0.25) is 9.67 Å². The van der Waals surface area contributed by atoms with Gasteiger partial charge in [-0.05, 0) is 48.0 Å². The quantitative estimate of drug-likeness (QED) is 0.335. The van der Waals surface area contributed by atoms with Crippen LogP contribution in [0.4, 0.5) is 14.5 Å². The zero-order valence-corrected chi connectivity index (χ0v) is 19.8. The fourth-order valence-electron chi connectivity index (χ4n) is 3.61. The molecule has 0 atom stereocenters.